The maximum absolute atomic E-state index is 12.0. The summed E-state index contributed by atoms with van der Waals surface area (Å²) in [5.41, 5.74) is 2.23. The fourth-order valence-electron chi connectivity index (χ4n) is 2.74. The van der Waals surface area contributed by atoms with Crippen LogP contribution in [0.4, 0.5) is 0 Å². The molecule has 1 aliphatic heterocycles. The number of carbonyl (C=O) groups is 1. The van der Waals surface area contributed by atoms with Gasteiger partial charge in [0.1, 0.15) is 24.2 Å². The fraction of sp³-hybridized carbons (Fsp3) is 0.316. The molecule has 1 unspecified atom stereocenters. The minimum Gasteiger partial charge on any atom is -0.508 e. The number of phenolic OH excluding ortho intramolecular Hbond substituents is 1. The van der Waals surface area contributed by atoms with Crippen LogP contribution in [0.5, 0.6) is 11.5 Å². The lowest BCUT2D eigenvalue weighted by Gasteiger charge is -2.10. The van der Waals surface area contributed by atoms with Crippen molar-refractivity contribution in [2.45, 2.75) is 38.9 Å². The molecule has 0 radical (unpaired) electrons. The number of unbranched alkanes of at least 4 members (excludes halogenated alkanes) is 1. The van der Waals surface area contributed by atoms with E-state index in [1.54, 1.807) is 24.3 Å². The Hall–Kier alpha value is -2.49. The third-order valence-electron chi connectivity index (χ3n) is 4.05. The number of phenols is 1. The Kier molecular flexibility index (Phi) is 4.51. The van der Waals surface area contributed by atoms with Crippen molar-refractivity contribution in [1.82, 2.24) is 0 Å². The van der Waals surface area contributed by atoms with Crippen molar-refractivity contribution in [2.75, 3.05) is 0 Å². The summed E-state index contributed by atoms with van der Waals surface area (Å²) in [6, 6.07) is 12.5. The summed E-state index contributed by atoms with van der Waals surface area (Å²) < 4.78 is 11.1. The van der Waals surface area contributed by atoms with Crippen molar-refractivity contribution >= 4 is 5.97 Å². The monoisotopic (exact) mass is 312 g/mol. The summed E-state index contributed by atoms with van der Waals surface area (Å²) in [6.45, 7) is 2.37. The number of hydrogen-bond donors (Lipinski definition) is 1. The van der Waals surface area contributed by atoms with E-state index in [9.17, 15) is 9.90 Å². The highest BCUT2D eigenvalue weighted by molar-refractivity contribution is 5.94. The highest BCUT2D eigenvalue weighted by atomic mass is 16.5. The van der Waals surface area contributed by atoms with Crippen molar-refractivity contribution in [3.05, 3.63) is 59.2 Å². The molecule has 23 heavy (non-hydrogen) atoms. The van der Waals surface area contributed by atoms with Crippen LogP contribution < -0.4 is 4.74 Å². The third kappa shape index (κ3) is 3.31. The summed E-state index contributed by atoms with van der Waals surface area (Å²) in [4.78, 5) is 12.0. The van der Waals surface area contributed by atoms with Crippen LogP contribution in [0.1, 0.15) is 53.8 Å². The van der Waals surface area contributed by atoms with Gasteiger partial charge in [-0.25, -0.2) is 4.79 Å². The number of carbonyl (C=O) groups excluding carboxylic acids is 1. The zero-order valence-corrected chi connectivity index (χ0v) is 13.1. The smallest absolute Gasteiger partial charge is 0.339 e. The van der Waals surface area contributed by atoms with Crippen LogP contribution in [0, 0.1) is 0 Å². The number of rotatable bonds is 6. The van der Waals surface area contributed by atoms with E-state index in [0.717, 1.165) is 24.8 Å². The molecule has 4 nitrogen and oxygen atoms in total. The molecular weight excluding hydrogens is 292 g/mol. The number of hydrogen-bond acceptors (Lipinski definition) is 4. The summed E-state index contributed by atoms with van der Waals surface area (Å²) in [7, 11) is 0. The second-order valence-electron chi connectivity index (χ2n) is 5.70. The van der Waals surface area contributed by atoms with E-state index in [1.807, 2.05) is 18.2 Å². The van der Waals surface area contributed by atoms with E-state index >= 15 is 0 Å². The van der Waals surface area contributed by atoms with Gasteiger partial charge < -0.3 is 14.6 Å². The molecule has 2 aromatic rings. The Bertz CT molecular complexity index is 708. The van der Waals surface area contributed by atoms with E-state index < -0.39 is 0 Å². The van der Waals surface area contributed by atoms with Gasteiger partial charge >= 0.3 is 5.97 Å². The molecule has 1 atom stereocenters. The molecule has 120 valence electrons. The van der Waals surface area contributed by atoms with Gasteiger partial charge in [-0.1, -0.05) is 37.6 Å². The summed E-state index contributed by atoms with van der Waals surface area (Å²) in [5, 5.41) is 9.75. The van der Waals surface area contributed by atoms with E-state index in [2.05, 4.69) is 6.92 Å². The molecule has 1 aliphatic rings. The summed E-state index contributed by atoms with van der Waals surface area (Å²) in [6.07, 6.45) is 2.83. The topological polar surface area (TPSA) is 55.8 Å². The number of fused-ring (bicyclic) bond motifs is 1. The Balaban J connectivity index is 1.73. The molecular formula is C19H20O4. The van der Waals surface area contributed by atoms with Crippen molar-refractivity contribution in [2.24, 2.45) is 0 Å². The quantitative estimate of drug-likeness (QED) is 0.805. The van der Waals surface area contributed by atoms with E-state index in [0.29, 0.717) is 16.9 Å². The lowest BCUT2D eigenvalue weighted by molar-refractivity contribution is 0.0364. The first kappa shape index (κ1) is 15.4. The van der Waals surface area contributed by atoms with E-state index in [-0.39, 0.29) is 24.4 Å². The lowest BCUT2D eigenvalue weighted by atomic mass is 10.0. The Labute approximate surface area is 135 Å². The van der Waals surface area contributed by atoms with Gasteiger partial charge in [0.05, 0.1) is 5.56 Å². The predicted molar refractivity (Wildman–Crippen MR) is 86.6 cm³/mol. The fourth-order valence-corrected chi connectivity index (χ4v) is 2.74. The number of para-hydroxylation sites is 1. The number of aromatic hydroxyl groups is 1. The lowest BCUT2D eigenvalue weighted by Crippen LogP contribution is -1.98. The molecule has 0 saturated heterocycles. The molecule has 0 saturated carbocycles. The molecule has 0 aliphatic carbocycles. The Morgan fingerprint density at radius 2 is 2.04 bits per heavy atom. The molecule has 0 spiro atoms. The zero-order chi connectivity index (χ0) is 16.2. The van der Waals surface area contributed by atoms with Gasteiger partial charge in [-0.2, -0.15) is 0 Å². The van der Waals surface area contributed by atoms with Crippen molar-refractivity contribution in [3.8, 4) is 11.5 Å². The number of cyclic esters (lactones) is 1. The second-order valence-corrected chi connectivity index (χ2v) is 5.70. The van der Waals surface area contributed by atoms with Gasteiger partial charge in [0.2, 0.25) is 0 Å². The van der Waals surface area contributed by atoms with Crippen LogP contribution >= 0.6 is 0 Å². The third-order valence-corrected chi connectivity index (χ3v) is 4.05. The van der Waals surface area contributed by atoms with Crippen LogP contribution in [0.2, 0.25) is 0 Å². The maximum Gasteiger partial charge on any atom is 0.339 e. The second kappa shape index (κ2) is 6.73. The largest absolute Gasteiger partial charge is 0.508 e. The van der Waals surface area contributed by atoms with Crippen LogP contribution in [-0.2, 0) is 11.3 Å². The molecule has 1 heterocycles. The average Bonchev–Trinajstić information content (AvgIpc) is 2.88. The molecule has 3 rings (SSSR count). The van der Waals surface area contributed by atoms with Gasteiger partial charge in [-0.15, -0.1) is 0 Å². The van der Waals surface area contributed by atoms with Gasteiger partial charge in [0.25, 0.3) is 0 Å². The first-order chi connectivity index (χ1) is 11.2. The molecule has 0 aromatic heterocycles. The first-order valence-electron chi connectivity index (χ1n) is 7.93. The average molecular weight is 312 g/mol. The summed E-state index contributed by atoms with van der Waals surface area (Å²) in [5.74, 6) is 0.516. The molecule has 2 aromatic carbocycles. The number of esters is 1. The van der Waals surface area contributed by atoms with Gasteiger partial charge in [0, 0.05) is 11.1 Å². The predicted octanol–water partition coefficient (Wildman–Crippen LogP) is 4.37. The van der Waals surface area contributed by atoms with Crippen LogP contribution in [-0.4, -0.2) is 11.1 Å². The molecule has 4 heteroatoms. The zero-order valence-electron chi connectivity index (χ0n) is 13.1. The highest BCUT2D eigenvalue weighted by Gasteiger charge is 2.30. The van der Waals surface area contributed by atoms with Crippen LogP contribution in [0.25, 0.3) is 0 Å². The molecule has 0 fully saturated rings. The van der Waals surface area contributed by atoms with Gasteiger partial charge in [0.15, 0.2) is 0 Å². The van der Waals surface area contributed by atoms with Crippen molar-refractivity contribution < 1.29 is 19.4 Å². The van der Waals surface area contributed by atoms with E-state index in [1.165, 1.54) is 0 Å². The molecule has 0 bridgehead atoms. The Morgan fingerprint density at radius 3 is 2.83 bits per heavy atom. The van der Waals surface area contributed by atoms with Crippen molar-refractivity contribution in [3.63, 3.8) is 0 Å². The minimum atomic E-state index is -0.283. The standard InChI is InChI=1S/C19H20O4/c1-2-3-8-18-15-10-9-14(11-16(15)19(21)23-18)22-12-13-6-4-5-7-17(13)20/h4-7,9-11,18,20H,2-3,8,12H2,1H3. The minimum absolute atomic E-state index is 0.135. The normalized spacial score (nSPS) is 16.0. The van der Waals surface area contributed by atoms with Crippen molar-refractivity contribution in [1.29, 1.82) is 0 Å². The number of ether oxygens (including phenoxy) is 2. The molecule has 0 amide bonds. The first-order valence-corrected chi connectivity index (χ1v) is 7.93. The number of benzene rings is 2. The van der Waals surface area contributed by atoms with Crippen LogP contribution in [0.15, 0.2) is 42.5 Å². The molecule has 1 N–H and O–H groups in total. The Morgan fingerprint density at radius 1 is 1.22 bits per heavy atom. The van der Waals surface area contributed by atoms with Gasteiger partial charge in [-0.3, -0.25) is 0 Å². The van der Waals surface area contributed by atoms with E-state index in [4.69, 9.17) is 9.47 Å². The van der Waals surface area contributed by atoms with Gasteiger partial charge in [-0.05, 0) is 31.0 Å². The SMILES string of the molecule is CCCCC1OC(=O)c2cc(OCc3ccccc3O)ccc21. The van der Waals surface area contributed by atoms with Crippen LogP contribution in [0.3, 0.4) is 0 Å². The maximum atomic E-state index is 12.0. The highest BCUT2D eigenvalue weighted by Crippen LogP contribution is 2.36. The summed E-state index contributed by atoms with van der Waals surface area (Å²) >= 11 is 0.